The quantitative estimate of drug-likeness (QED) is 0.508. The van der Waals surface area contributed by atoms with E-state index >= 15 is 0 Å². The van der Waals surface area contributed by atoms with E-state index < -0.39 is 11.3 Å². The van der Waals surface area contributed by atoms with E-state index in [4.69, 9.17) is 4.74 Å². The maximum absolute atomic E-state index is 13.2. The summed E-state index contributed by atoms with van der Waals surface area (Å²) in [5.74, 6) is 0.338. The number of hydrogen-bond acceptors (Lipinski definition) is 4. The van der Waals surface area contributed by atoms with Gasteiger partial charge in [-0.25, -0.2) is 0 Å². The minimum absolute atomic E-state index is 0.105. The molecule has 2 heterocycles. The highest BCUT2D eigenvalue weighted by Crippen LogP contribution is 2.47. The Bertz CT molecular complexity index is 893. The Morgan fingerprint density at radius 1 is 1.23 bits per heavy atom. The number of methoxy groups -OCH3 is 1. The number of ketones is 2. The molecule has 1 fully saturated rings. The number of aromatic nitrogens is 1. The predicted molar refractivity (Wildman–Crippen MR) is 96.7 cm³/mol. The average molecular weight is 351 g/mol. The second-order valence-corrected chi connectivity index (χ2v) is 7.06. The second kappa shape index (κ2) is 6.16. The number of allylic oxidation sites excluding steroid dienone is 1. The molecule has 1 aliphatic carbocycles. The zero-order chi connectivity index (χ0) is 18.3. The molecule has 1 spiro atoms. The third-order valence-electron chi connectivity index (χ3n) is 5.80. The van der Waals surface area contributed by atoms with Crippen molar-refractivity contribution in [1.82, 2.24) is 4.57 Å². The van der Waals surface area contributed by atoms with Crippen LogP contribution < -0.4 is 4.74 Å². The average Bonchev–Trinajstić information content (AvgIpc) is 3.18. The summed E-state index contributed by atoms with van der Waals surface area (Å²) in [6.07, 6.45) is 5.65. The molecule has 5 nitrogen and oxygen atoms in total. The standard InChI is InChI=1S/C21H21NO4/c1-26-16-8-6-14(7-9-16)15-4-2-10-21(12-15)20(25)17(13-23)19(24)18-5-3-11-22(18)21/h3,5-9,11,13,15,23H,2,4,10,12H2,1H3. The van der Waals surface area contributed by atoms with Crippen LogP contribution in [0, 0.1) is 0 Å². The SMILES string of the molecule is COc1ccc(C2CCCC3(C2)C(=O)C(=CO)C(=O)c2cccn23)cc1. The van der Waals surface area contributed by atoms with Crippen LogP contribution in [0.4, 0.5) is 0 Å². The number of aliphatic hydroxyl groups is 1. The maximum Gasteiger partial charge on any atom is 0.216 e. The topological polar surface area (TPSA) is 68.5 Å². The van der Waals surface area contributed by atoms with Crippen molar-refractivity contribution >= 4 is 11.6 Å². The van der Waals surface area contributed by atoms with Crippen LogP contribution >= 0.6 is 0 Å². The molecule has 1 aliphatic heterocycles. The molecular weight excluding hydrogens is 330 g/mol. The van der Waals surface area contributed by atoms with Gasteiger partial charge in [0.25, 0.3) is 0 Å². The highest BCUT2D eigenvalue weighted by atomic mass is 16.5. The lowest BCUT2D eigenvalue weighted by Gasteiger charge is -2.44. The van der Waals surface area contributed by atoms with E-state index in [2.05, 4.69) is 0 Å². The van der Waals surface area contributed by atoms with Gasteiger partial charge in [-0.3, -0.25) is 9.59 Å². The monoisotopic (exact) mass is 351 g/mol. The number of carbonyl (C=O) groups is 2. The van der Waals surface area contributed by atoms with Gasteiger partial charge in [0.1, 0.15) is 16.9 Å². The highest BCUT2D eigenvalue weighted by molar-refractivity contribution is 6.29. The van der Waals surface area contributed by atoms with Crippen LogP contribution in [0.5, 0.6) is 5.75 Å². The van der Waals surface area contributed by atoms with Crippen LogP contribution in [-0.2, 0) is 10.3 Å². The van der Waals surface area contributed by atoms with Gasteiger partial charge in [0.15, 0.2) is 5.78 Å². The van der Waals surface area contributed by atoms with E-state index in [1.165, 1.54) is 0 Å². The number of benzene rings is 1. The summed E-state index contributed by atoms with van der Waals surface area (Å²) in [4.78, 5) is 25.7. The van der Waals surface area contributed by atoms with Crippen molar-refractivity contribution in [2.24, 2.45) is 0 Å². The Morgan fingerprint density at radius 2 is 2.00 bits per heavy atom. The molecule has 2 atom stereocenters. The van der Waals surface area contributed by atoms with Gasteiger partial charge < -0.3 is 14.4 Å². The maximum atomic E-state index is 13.2. The van der Waals surface area contributed by atoms with Crippen LogP contribution in [-0.4, -0.2) is 28.3 Å². The molecule has 0 bridgehead atoms. The number of ether oxygens (including phenoxy) is 1. The molecule has 0 amide bonds. The zero-order valence-corrected chi connectivity index (χ0v) is 14.6. The van der Waals surface area contributed by atoms with Gasteiger partial charge in [-0.2, -0.15) is 0 Å². The lowest BCUT2D eigenvalue weighted by molar-refractivity contribution is -0.126. The fourth-order valence-corrected chi connectivity index (χ4v) is 4.50. The first kappa shape index (κ1) is 16.6. The molecule has 4 rings (SSSR count). The van der Waals surface area contributed by atoms with Crippen molar-refractivity contribution in [3.8, 4) is 5.75 Å². The fraction of sp³-hybridized carbons (Fsp3) is 0.333. The van der Waals surface area contributed by atoms with Crippen molar-refractivity contribution in [2.45, 2.75) is 37.1 Å². The number of aliphatic hydroxyl groups excluding tert-OH is 1. The van der Waals surface area contributed by atoms with Gasteiger partial charge in [0.2, 0.25) is 5.78 Å². The molecule has 1 aromatic carbocycles. The molecule has 2 aliphatic rings. The van der Waals surface area contributed by atoms with Gasteiger partial charge in [0, 0.05) is 6.20 Å². The van der Waals surface area contributed by atoms with Crippen LogP contribution in [0.1, 0.15) is 47.7 Å². The first-order chi connectivity index (χ1) is 12.6. The second-order valence-electron chi connectivity index (χ2n) is 7.06. The molecule has 2 aromatic rings. The summed E-state index contributed by atoms with van der Waals surface area (Å²) >= 11 is 0. The Hall–Kier alpha value is -2.82. The van der Waals surface area contributed by atoms with E-state index in [0.717, 1.165) is 24.2 Å². The number of fused-ring (bicyclic) bond motifs is 2. The largest absolute Gasteiger partial charge is 0.515 e. The molecular formula is C21H21NO4. The van der Waals surface area contributed by atoms with E-state index in [0.29, 0.717) is 24.8 Å². The third-order valence-corrected chi connectivity index (χ3v) is 5.80. The predicted octanol–water partition coefficient (Wildman–Crippen LogP) is 3.76. The summed E-state index contributed by atoms with van der Waals surface area (Å²) < 4.78 is 7.06. The molecule has 134 valence electrons. The first-order valence-corrected chi connectivity index (χ1v) is 8.86. The minimum atomic E-state index is -0.801. The Labute approximate surface area is 151 Å². The van der Waals surface area contributed by atoms with Crippen molar-refractivity contribution in [2.75, 3.05) is 7.11 Å². The number of hydrogen-bond donors (Lipinski definition) is 1. The number of rotatable bonds is 2. The van der Waals surface area contributed by atoms with E-state index in [-0.39, 0.29) is 17.3 Å². The molecule has 0 saturated heterocycles. The van der Waals surface area contributed by atoms with Crippen LogP contribution in [0.15, 0.2) is 54.4 Å². The van der Waals surface area contributed by atoms with Gasteiger partial charge in [-0.05, 0) is 55.0 Å². The van der Waals surface area contributed by atoms with Gasteiger partial charge in [-0.1, -0.05) is 18.6 Å². The van der Waals surface area contributed by atoms with Crippen LogP contribution in [0.2, 0.25) is 0 Å². The van der Waals surface area contributed by atoms with Crippen molar-refractivity contribution in [3.63, 3.8) is 0 Å². The first-order valence-electron chi connectivity index (χ1n) is 8.86. The Kier molecular flexibility index (Phi) is 3.94. The van der Waals surface area contributed by atoms with Crippen molar-refractivity contribution in [1.29, 1.82) is 0 Å². The summed E-state index contributed by atoms with van der Waals surface area (Å²) in [5.41, 5.74) is 0.731. The summed E-state index contributed by atoms with van der Waals surface area (Å²) in [6, 6.07) is 11.5. The van der Waals surface area contributed by atoms with Gasteiger partial charge in [-0.15, -0.1) is 0 Å². The number of Topliss-reactive ketones (excluding diaryl/α,β-unsaturated/α-hetero) is 2. The molecule has 1 N–H and O–H groups in total. The molecule has 0 radical (unpaired) electrons. The van der Waals surface area contributed by atoms with Crippen molar-refractivity contribution < 1.29 is 19.4 Å². The summed E-state index contributed by atoms with van der Waals surface area (Å²) in [7, 11) is 1.64. The minimum Gasteiger partial charge on any atom is -0.515 e. The van der Waals surface area contributed by atoms with Crippen LogP contribution in [0.3, 0.4) is 0 Å². The Morgan fingerprint density at radius 3 is 2.69 bits per heavy atom. The molecule has 1 aromatic heterocycles. The molecule has 1 saturated carbocycles. The number of nitrogens with zero attached hydrogens (tertiary/aromatic N) is 1. The lowest BCUT2D eigenvalue weighted by Crippen LogP contribution is -2.51. The van der Waals surface area contributed by atoms with Crippen LogP contribution in [0.25, 0.3) is 0 Å². The Balaban J connectivity index is 1.76. The highest BCUT2D eigenvalue weighted by Gasteiger charge is 2.51. The summed E-state index contributed by atoms with van der Waals surface area (Å²) in [5, 5.41) is 9.52. The van der Waals surface area contributed by atoms with Gasteiger partial charge in [0.05, 0.1) is 19.1 Å². The molecule has 5 heteroatoms. The molecule has 26 heavy (non-hydrogen) atoms. The lowest BCUT2D eigenvalue weighted by atomic mass is 9.68. The normalized spacial score (nSPS) is 27.0. The smallest absolute Gasteiger partial charge is 0.216 e. The van der Waals surface area contributed by atoms with E-state index in [1.807, 2.05) is 35.0 Å². The third kappa shape index (κ3) is 2.30. The van der Waals surface area contributed by atoms with Gasteiger partial charge >= 0.3 is 0 Å². The number of carbonyl (C=O) groups excluding carboxylic acids is 2. The summed E-state index contributed by atoms with van der Waals surface area (Å²) in [6.45, 7) is 0. The van der Waals surface area contributed by atoms with E-state index in [9.17, 15) is 14.7 Å². The van der Waals surface area contributed by atoms with Crippen molar-refractivity contribution in [3.05, 3.63) is 65.7 Å². The zero-order valence-electron chi connectivity index (χ0n) is 14.6. The van der Waals surface area contributed by atoms with E-state index in [1.54, 1.807) is 19.2 Å². The molecule has 2 unspecified atom stereocenters. The fourth-order valence-electron chi connectivity index (χ4n) is 4.50.